The Hall–Kier alpha value is -0.950. The second-order valence-corrected chi connectivity index (χ2v) is 5.30. The molecule has 0 radical (unpaired) electrons. The maximum atomic E-state index is 12.1. The minimum Gasteiger partial charge on any atom is -0.490 e. The summed E-state index contributed by atoms with van der Waals surface area (Å²) in [5.74, 6) is 0.946. The third-order valence-electron chi connectivity index (χ3n) is 2.65. The van der Waals surface area contributed by atoms with Crippen molar-refractivity contribution < 1.29 is 22.6 Å². The van der Waals surface area contributed by atoms with E-state index < -0.39 is 12.6 Å². The fraction of sp³-hybridized carbons (Fsp3) is 0.571. The summed E-state index contributed by atoms with van der Waals surface area (Å²) in [7, 11) is 0. The molecule has 120 valence electrons. The van der Waals surface area contributed by atoms with Gasteiger partial charge in [0.05, 0.1) is 17.7 Å². The van der Waals surface area contributed by atoms with Crippen molar-refractivity contribution in [3.63, 3.8) is 0 Å². The summed E-state index contributed by atoms with van der Waals surface area (Å²) in [4.78, 5) is 0. The Morgan fingerprint density at radius 2 is 1.95 bits per heavy atom. The molecule has 7 heteroatoms. The Balaban J connectivity index is 2.75. The summed E-state index contributed by atoms with van der Waals surface area (Å²) in [5, 5.41) is 0. The van der Waals surface area contributed by atoms with Crippen LogP contribution < -0.4 is 15.2 Å². The normalized spacial score (nSPS) is 11.5. The number of nitrogens with two attached hydrogens (primary N) is 1. The minimum atomic E-state index is -4.16. The van der Waals surface area contributed by atoms with Crippen LogP contribution in [0.5, 0.6) is 11.5 Å². The van der Waals surface area contributed by atoms with Crippen molar-refractivity contribution in [3.8, 4) is 11.5 Å². The molecule has 0 saturated carbocycles. The number of hydrogen-bond donors (Lipinski definition) is 1. The molecule has 1 aromatic carbocycles. The number of alkyl halides is 3. The van der Waals surface area contributed by atoms with Crippen LogP contribution in [0.1, 0.15) is 25.3 Å². The first-order valence-corrected chi connectivity index (χ1v) is 7.51. The lowest BCUT2D eigenvalue weighted by Gasteiger charge is -2.15. The van der Waals surface area contributed by atoms with E-state index in [-0.39, 0.29) is 13.0 Å². The van der Waals surface area contributed by atoms with Crippen LogP contribution in [0, 0.1) is 0 Å². The van der Waals surface area contributed by atoms with E-state index in [0.717, 1.165) is 5.56 Å². The molecule has 0 aliphatic heterocycles. The predicted molar refractivity (Wildman–Crippen MR) is 78.9 cm³/mol. The average Bonchev–Trinajstić information content (AvgIpc) is 2.36. The van der Waals surface area contributed by atoms with Crippen LogP contribution in [0.15, 0.2) is 16.6 Å². The maximum Gasteiger partial charge on any atom is 0.389 e. The Morgan fingerprint density at radius 1 is 1.24 bits per heavy atom. The highest BCUT2D eigenvalue weighted by molar-refractivity contribution is 9.10. The van der Waals surface area contributed by atoms with Crippen LogP contribution in [0.25, 0.3) is 0 Å². The quantitative estimate of drug-likeness (QED) is 0.702. The van der Waals surface area contributed by atoms with Crippen LogP contribution in [0.3, 0.4) is 0 Å². The molecule has 1 rings (SSSR count). The highest BCUT2D eigenvalue weighted by atomic mass is 79.9. The molecule has 0 bridgehead atoms. The second-order valence-electron chi connectivity index (χ2n) is 4.44. The van der Waals surface area contributed by atoms with Crippen LogP contribution in [-0.4, -0.2) is 25.9 Å². The molecule has 1 aromatic rings. The third-order valence-corrected chi connectivity index (χ3v) is 3.24. The molecule has 0 unspecified atom stereocenters. The molecule has 21 heavy (non-hydrogen) atoms. The van der Waals surface area contributed by atoms with E-state index in [1.54, 1.807) is 6.07 Å². The van der Waals surface area contributed by atoms with Gasteiger partial charge in [-0.05, 0) is 59.9 Å². The average molecular weight is 370 g/mol. The minimum absolute atomic E-state index is 0.0194. The van der Waals surface area contributed by atoms with Gasteiger partial charge in [0.25, 0.3) is 0 Å². The zero-order valence-electron chi connectivity index (χ0n) is 11.8. The molecule has 3 nitrogen and oxygen atoms in total. The van der Waals surface area contributed by atoms with Gasteiger partial charge in [0.1, 0.15) is 0 Å². The molecular formula is C14H19BrF3NO2. The molecule has 0 spiro atoms. The van der Waals surface area contributed by atoms with E-state index in [4.69, 9.17) is 15.2 Å². The van der Waals surface area contributed by atoms with E-state index >= 15 is 0 Å². The Labute approximate surface area is 130 Å². The molecular weight excluding hydrogens is 351 g/mol. The van der Waals surface area contributed by atoms with Gasteiger partial charge in [-0.15, -0.1) is 0 Å². The van der Waals surface area contributed by atoms with Crippen LogP contribution >= 0.6 is 15.9 Å². The summed E-state index contributed by atoms with van der Waals surface area (Å²) in [5.41, 5.74) is 6.50. The van der Waals surface area contributed by atoms with Gasteiger partial charge in [0.2, 0.25) is 0 Å². The molecule has 0 heterocycles. The first-order chi connectivity index (χ1) is 9.87. The summed E-state index contributed by atoms with van der Waals surface area (Å²) in [6, 6.07) is 3.65. The smallest absolute Gasteiger partial charge is 0.389 e. The van der Waals surface area contributed by atoms with E-state index in [2.05, 4.69) is 15.9 Å². The Morgan fingerprint density at radius 3 is 2.52 bits per heavy atom. The van der Waals surface area contributed by atoms with Crippen molar-refractivity contribution in [2.45, 2.75) is 32.4 Å². The summed E-state index contributed by atoms with van der Waals surface area (Å²) < 4.78 is 47.9. The first kappa shape index (κ1) is 18.1. The zero-order valence-corrected chi connectivity index (χ0v) is 13.4. The third kappa shape index (κ3) is 6.56. The number of rotatable bonds is 8. The van der Waals surface area contributed by atoms with Gasteiger partial charge in [0, 0.05) is 6.42 Å². The predicted octanol–water partition coefficient (Wildman–Crippen LogP) is 4.07. The van der Waals surface area contributed by atoms with Crippen LogP contribution in [0.2, 0.25) is 0 Å². The molecule has 2 N–H and O–H groups in total. The fourth-order valence-corrected chi connectivity index (χ4v) is 2.39. The SMILES string of the molecule is CCOc1cc(CCN)cc(Br)c1OCCCC(F)(F)F. The number of benzene rings is 1. The standard InChI is InChI=1S/C14H19BrF3NO2/c1-2-20-12-9-10(4-6-19)8-11(15)13(12)21-7-3-5-14(16,17)18/h8-9H,2-7,19H2,1H3. The molecule has 0 saturated heterocycles. The lowest BCUT2D eigenvalue weighted by atomic mass is 10.1. The molecule has 0 amide bonds. The van der Waals surface area contributed by atoms with E-state index in [0.29, 0.717) is 35.5 Å². The molecule has 0 aromatic heterocycles. The topological polar surface area (TPSA) is 44.5 Å². The molecule has 0 aliphatic carbocycles. The maximum absolute atomic E-state index is 12.1. The summed E-state index contributed by atoms with van der Waals surface area (Å²) >= 11 is 3.36. The number of halogens is 4. The van der Waals surface area contributed by atoms with E-state index in [1.165, 1.54) is 0 Å². The van der Waals surface area contributed by atoms with Gasteiger partial charge in [0.15, 0.2) is 11.5 Å². The van der Waals surface area contributed by atoms with E-state index in [1.807, 2.05) is 13.0 Å². The van der Waals surface area contributed by atoms with E-state index in [9.17, 15) is 13.2 Å². The van der Waals surface area contributed by atoms with Gasteiger partial charge in [-0.2, -0.15) is 13.2 Å². The highest BCUT2D eigenvalue weighted by Gasteiger charge is 2.26. The van der Waals surface area contributed by atoms with Crippen LogP contribution in [0.4, 0.5) is 13.2 Å². The van der Waals surface area contributed by atoms with Gasteiger partial charge in [-0.1, -0.05) is 0 Å². The monoisotopic (exact) mass is 369 g/mol. The summed E-state index contributed by atoms with van der Waals surface area (Å²) in [6.45, 7) is 2.76. The number of ether oxygens (including phenoxy) is 2. The largest absolute Gasteiger partial charge is 0.490 e. The highest BCUT2D eigenvalue weighted by Crippen LogP contribution is 2.37. The zero-order chi connectivity index (χ0) is 15.9. The van der Waals surface area contributed by atoms with Crippen molar-refractivity contribution in [2.75, 3.05) is 19.8 Å². The first-order valence-electron chi connectivity index (χ1n) is 6.72. The molecule has 0 fully saturated rings. The lowest BCUT2D eigenvalue weighted by Crippen LogP contribution is -2.10. The molecule has 0 atom stereocenters. The molecule has 0 aliphatic rings. The van der Waals surface area contributed by atoms with Crippen molar-refractivity contribution in [1.29, 1.82) is 0 Å². The van der Waals surface area contributed by atoms with Crippen molar-refractivity contribution in [1.82, 2.24) is 0 Å². The van der Waals surface area contributed by atoms with Crippen LogP contribution in [-0.2, 0) is 6.42 Å². The fourth-order valence-electron chi connectivity index (χ4n) is 1.78. The van der Waals surface area contributed by atoms with Crippen molar-refractivity contribution in [3.05, 3.63) is 22.2 Å². The van der Waals surface area contributed by atoms with Gasteiger partial charge in [-0.3, -0.25) is 0 Å². The van der Waals surface area contributed by atoms with Gasteiger partial charge in [-0.25, -0.2) is 0 Å². The number of hydrogen-bond acceptors (Lipinski definition) is 3. The second kappa shape index (κ2) is 8.48. The Kier molecular flexibility index (Phi) is 7.31. The van der Waals surface area contributed by atoms with Gasteiger partial charge < -0.3 is 15.2 Å². The lowest BCUT2D eigenvalue weighted by molar-refractivity contribution is -0.136. The van der Waals surface area contributed by atoms with Gasteiger partial charge >= 0.3 is 6.18 Å². The van der Waals surface area contributed by atoms with Crippen molar-refractivity contribution in [2.24, 2.45) is 5.73 Å². The van der Waals surface area contributed by atoms with Crippen molar-refractivity contribution >= 4 is 15.9 Å². The summed E-state index contributed by atoms with van der Waals surface area (Å²) in [6.07, 6.45) is -4.42. The Bertz CT molecular complexity index is 453.